The zero-order chi connectivity index (χ0) is 18.3. The number of hydrogen-bond donors (Lipinski definition) is 2. The highest BCUT2D eigenvalue weighted by Crippen LogP contribution is 2.45. The number of hydrogen-bond acceptors (Lipinski definition) is 4. The number of nitrogens with one attached hydrogen (secondary N) is 1. The van der Waals surface area contributed by atoms with Crippen LogP contribution in [0.15, 0.2) is 60.0 Å². The van der Waals surface area contributed by atoms with Gasteiger partial charge < -0.3 is 10.5 Å². The summed E-state index contributed by atoms with van der Waals surface area (Å²) < 4.78 is 18.9. The summed E-state index contributed by atoms with van der Waals surface area (Å²) in [5.41, 5.74) is 9.07. The molecule has 3 aromatic rings. The summed E-state index contributed by atoms with van der Waals surface area (Å²) in [7, 11) is 0. The largest absolute Gasteiger partial charge is 0.420 e. The van der Waals surface area contributed by atoms with Gasteiger partial charge in [-0.25, -0.2) is 4.39 Å². The van der Waals surface area contributed by atoms with Crippen LogP contribution < -0.4 is 10.5 Å². The van der Waals surface area contributed by atoms with E-state index in [1.54, 1.807) is 24.3 Å². The van der Waals surface area contributed by atoms with Gasteiger partial charge in [0, 0.05) is 10.6 Å². The molecule has 26 heavy (non-hydrogen) atoms. The number of halogens is 2. The highest BCUT2D eigenvalue weighted by atomic mass is 35.5. The van der Waals surface area contributed by atoms with Crippen molar-refractivity contribution in [1.29, 1.82) is 5.26 Å². The molecular formula is C19H12ClFN4O. The molecule has 0 fully saturated rings. The summed E-state index contributed by atoms with van der Waals surface area (Å²) in [6.07, 6.45) is 0. The van der Waals surface area contributed by atoms with Crippen molar-refractivity contribution in [3.63, 3.8) is 0 Å². The Hall–Kier alpha value is -3.30. The van der Waals surface area contributed by atoms with Crippen molar-refractivity contribution in [1.82, 2.24) is 10.2 Å². The summed E-state index contributed by atoms with van der Waals surface area (Å²) >= 11 is 5.97. The molecule has 0 radical (unpaired) electrons. The van der Waals surface area contributed by atoms with Crippen LogP contribution in [0.4, 0.5) is 4.39 Å². The van der Waals surface area contributed by atoms with E-state index in [1.807, 2.05) is 12.1 Å². The molecule has 0 unspecified atom stereocenters. The van der Waals surface area contributed by atoms with Crippen LogP contribution in [0.5, 0.6) is 5.88 Å². The maximum absolute atomic E-state index is 13.4. The van der Waals surface area contributed by atoms with Gasteiger partial charge in [0.2, 0.25) is 11.8 Å². The molecule has 2 aromatic carbocycles. The zero-order valence-corrected chi connectivity index (χ0v) is 14.1. The molecule has 4 rings (SSSR count). The Morgan fingerprint density at radius 2 is 1.85 bits per heavy atom. The van der Waals surface area contributed by atoms with Gasteiger partial charge in [-0.05, 0) is 29.8 Å². The summed E-state index contributed by atoms with van der Waals surface area (Å²) in [6, 6.07) is 15.2. The third-order valence-corrected chi connectivity index (χ3v) is 4.53. The van der Waals surface area contributed by atoms with Crippen LogP contribution >= 0.6 is 11.6 Å². The van der Waals surface area contributed by atoms with Crippen molar-refractivity contribution in [2.24, 2.45) is 5.73 Å². The van der Waals surface area contributed by atoms with Gasteiger partial charge >= 0.3 is 0 Å². The highest BCUT2D eigenvalue weighted by Gasteiger charge is 2.35. The lowest BCUT2D eigenvalue weighted by atomic mass is 9.83. The van der Waals surface area contributed by atoms with Gasteiger partial charge in [-0.3, -0.25) is 5.10 Å². The molecule has 0 saturated carbocycles. The summed E-state index contributed by atoms with van der Waals surface area (Å²) in [6.45, 7) is 0. The number of ether oxygens (including phenoxy) is 1. The quantitative estimate of drug-likeness (QED) is 0.715. The zero-order valence-electron chi connectivity index (χ0n) is 13.3. The molecule has 1 aliphatic heterocycles. The number of fused-ring (bicyclic) bond motifs is 1. The predicted molar refractivity (Wildman–Crippen MR) is 94.7 cm³/mol. The van der Waals surface area contributed by atoms with Crippen molar-refractivity contribution in [2.45, 2.75) is 5.92 Å². The van der Waals surface area contributed by atoms with Crippen molar-refractivity contribution >= 4 is 11.6 Å². The Morgan fingerprint density at radius 3 is 2.50 bits per heavy atom. The number of nitrogens with zero attached hydrogens (tertiary/aromatic N) is 2. The number of aromatic amines is 1. The molecule has 1 atom stereocenters. The number of aromatic nitrogens is 2. The van der Waals surface area contributed by atoms with E-state index in [4.69, 9.17) is 22.1 Å². The van der Waals surface area contributed by atoms with E-state index < -0.39 is 5.92 Å². The Bertz CT molecular complexity index is 1050. The van der Waals surface area contributed by atoms with E-state index >= 15 is 0 Å². The molecular weight excluding hydrogens is 355 g/mol. The van der Waals surface area contributed by atoms with Gasteiger partial charge in [-0.2, -0.15) is 5.26 Å². The van der Waals surface area contributed by atoms with E-state index in [9.17, 15) is 9.65 Å². The Balaban J connectivity index is 1.93. The second-order valence-electron chi connectivity index (χ2n) is 5.80. The first-order chi connectivity index (χ1) is 12.6. The van der Waals surface area contributed by atoms with Gasteiger partial charge in [-0.1, -0.05) is 35.9 Å². The number of nitrogens with two attached hydrogens (primary N) is 1. The second kappa shape index (κ2) is 6.21. The van der Waals surface area contributed by atoms with E-state index in [1.165, 1.54) is 12.1 Å². The fraction of sp³-hybridized carbons (Fsp3) is 0.0526. The summed E-state index contributed by atoms with van der Waals surface area (Å²) in [5, 5.41) is 17.4. The lowest BCUT2D eigenvalue weighted by Gasteiger charge is -2.24. The first kappa shape index (κ1) is 16.2. The maximum atomic E-state index is 13.4. The fourth-order valence-electron chi connectivity index (χ4n) is 3.07. The maximum Gasteiger partial charge on any atom is 0.244 e. The van der Waals surface area contributed by atoms with Crippen LogP contribution in [0.1, 0.15) is 17.0 Å². The standard InChI is InChI=1S/C19H12ClFN4O/c20-12-5-1-11(2-6-12)17-16-15(10-3-7-13(21)8-4-10)14(9-22)18(23)26-19(16)25-24-17/h1-8,15H,23H2,(H,24,25)/t15-/m0/s1. The molecule has 128 valence electrons. The average molecular weight is 367 g/mol. The third-order valence-electron chi connectivity index (χ3n) is 4.28. The van der Waals surface area contributed by atoms with E-state index in [-0.39, 0.29) is 17.3 Å². The van der Waals surface area contributed by atoms with Gasteiger partial charge in [0.1, 0.15) is 17.5 Å². The predicted octanol–water partition coefficient (Wildman–Crippen LogP) is 4.09. The summed E-state index contributed by atoms with van der Waals surface area (Å²) in [5.74, 6) is -0.598. The van der Waals surface area contributed by atoms with Crippen LogP contribution in [-0.4, -0.2) is 10.2 Å². The minimum absolute atomic E-state index is 0.0107. The normalized spacial score (nSPS) is 16.0. The van der Waals surface area contributed by atoms with Crippen LogP contribution in [0.3, 0.4) is 0 Å². The highest BCUT2D eigenvalue weighted by molar-refractivity contribution is 6.30. The Labute approximate surface area is 153 Å². The van der Waals surface area contributed by atoms with Crippen molar-refractivity contribution in [3.05, 3.63) is 82.0 Å². The van der Waals surface area contributed by atoms with E-state index in [0.717, 1.165) is 5.56 Å². The topological polar surface area (TPSA) is 87.7 Å². The lowest BCUT2D eigenvalue weighted by Crippen LogP contribution is -2.21. The lowest BCUT2D eigenvalue weighted by molar-refractivity contribution is 0.379. The number of H-pyrrole nitrogens is 1. The monoisotopic (exact) mass is 366 g/mol. The van der Waals surface area contributed by atoms with Gasteiger partial charge in [0.05, 0.1) is 17.2 Å². The van der Waals surface area contributed by atoms with Crippen LogP contribution in [0.2, 0.25) is 5.02 Å². The molecule has 0 saturated heterocycles. The molecule has 0 spiro atoms. The number of allylic oxidation sites excluding steroid dienone is 1. The molecule has 0 amide bonds. The Kier molecular flexibility index (Phi) is 3.86. The van der Waals surface area contributed by atoms with Crippen LogP contribution in [-0.2, 0) is 0 Å². The van der Waals surface area contributed by atoms with Crippen molar-refractivity contribution in [2.75, 3.05) is 0 Å². The first-order valence-corrected chi connectivity index (χ1v) is 8.13. The number of benzene rings is 2. The minimum atomic E-state index is -0.520. The average Bonchev–Trinajstić information content (AvgIpc) is 3.05. The third kappa shape index (κ3) is 2.59. The SMILES string of the molecule is N#CC1=C(N)Oc2n[nH]c(-c3ccc(Cl)cc3)c2[C@H]1c1ccc(F)cc1. The number of rotatable bonds is 2. The minimum Gasteiger partial charge on any atom is -0.420 e. The molecule has 1 aromatic heterocycles. The van der Waals surface area contributed by atoms with E-state index in [0.29, 0.717) is 27.7 Å². The van der Waals surface area contributed by atoms with Crippen molar-refractivity contribution in [3.8, 4) is 23.2 Å². The molecule has 1 aliphatic rings. The second-order valence-corrected chi connectivity index (χ2v) is 6.24. The molecule has 2 heterocycles. The van der Waals surface area contributed by atoms with Crippen molar-refractivity contribution < 1.29 is 9.13 Å². The molecule has 5 nitrogen and oxygen atoms in total. The molecule has 0 aliphatic carbocycles. The Morgan fingerprint density at radius 1 is 1.15 bits per heavy atom. The molecule has 7 heteroatoms. The van der Waals surface area contributed by atoms with Gasteiger partial charge in [0.15, 0.2) is 0 Å². The van der Waals surface area contributed by atoms with Crippen LogP contribution in [0.25, 0.3) is 11.3 Å². The molecule has 0 bridgehead atoms. The summed E-state index contributed by atoms with van der Waals surface area (Å²) in [4.78, 5) is 0. The fourth-order valence-corrected chi connectivity index (χ4v) is 3.20. The molecule has 3 N–H and O–H groups in total. The number of nitriles is 1. The van der Waals surface area contributed by atoms with Gasteiger partial charge in [0.25, 0.3) is 0 Å². The smallest absolute Gasteiger partial charge is 0.244 e. The van der Waals surface area contributed by atoms with Crippen LogP contribution in [0, 0.1) is 17.1 Å². The first-order valence-electron chi connectivity index (χ1n) is 7.75. The van der Waals surface area contributed by atoms with E-state index in [2.05, 4.69) is 16.3 Å². The van der Waals surface area contributed by atoms with Gasteiger partial charge in [-0.15, -0.1) is 5.10 Å².